The van der Waals surface area contributed by atoms with Crippen LogP contribution in [-0.2, 0) is 19.2 Å². The van der Waals surface area contributed by atoms with Crippen LogP contribution in [0.25, 0.3) is 0 Å². The summed E-state index contributed by atoms with van der Waals surface area (Å²) >= 11 is 0. The Labute approximate surface area is 116 Å². The summed E-state index contributed by atoms with van der Waals surface area (Å²) in [4.78, 5) is 49.1. The maximum Gasteiger partial charge on any atom is 0.255 e. The maximum atomic E-state index is 11.8. The summed E-state index contributed by atoms with van der Waals surface area (Å²) in [5.74, 6) is -1.93. The molecule has 2 rings (SSSR count). The molecule has 6 nitrogen and oxygen atoms in total. The largest absolute Gasteiger partial charge is 0.269 e. The van der Waals surface area contributed by atoms with Crippen LogP contribution in [0.3, 0.4) is 0 Å². The highest BCUT2D eigenvalue weighted by atomic mass is 16.2. The van der Waals surface area contributed by atoms with Crippen LogP contribution in [0, 0.1) is 0 Å². The Bertz CT molecular complexity index is 443. The second-order valence-electron chi connectivity index (χ2n) is 4.74. The van der Waals surface area contributed by atoms with Crippen LogP contribution in [0.4, 0.5) is 0 Å². The third-order valence-corrected chi connectivity index (χ3v) is 3.35. The van der Waals surface area contributed by atoms with Gasteiger partial charge in [0.05, 0.1) is 0 Å². The molecule has 0 aromatic rings. The summed E-state index contributed by atoms with van der Waals surface area (Å²) in [5.41, 5.74) is 0. The fraction of sp³-hybridized carbons (Fsp3) is 0.429. The number of nitrogens with zero attached hydrogens (tertiary/aromatic N) is 2. The molecule has 0 N–H and O–H groups in total. The van der Waals surface area contributed by atoms with Crippen molar-refractivity contribution in [2.24, 2.45) is 0 Å². The Balaban J connectivity index is 2.21. The minimum absolute atomic E-state index is 0.409. The van der Waals surface area contributed by atoms with E-state index in [0.29, 0.717) is 6.42 Å². The van der Waals surface area contributed by atoms with Crippen LogP contribution in [-0.4, -0.2) is 39.6 Å². The molecule has 0 aromatic heterocycles. The fourth-order valence-electron chi connectivity index (χ4n) is 2.36. The van der Waals surface area contributed by atoms with Crippen molar-refractivity contribution < 1.29 is 19.2 Å². The van der Waals surface area contributed by atoms with Gasteiger partial charge in [-0.15, -0.1) is 0 Å². The molecule has 0 atom stereocenters. The molecule has 0 spiro atoms. The van der Waals surface area contributed by atoms with E-state index in [0.717, 1.165) is 53.4 Å². The van der Waals surface area contributed by atoms with E-state index in [2.05, 4.69) is 0 Å². The lowest BCUT2D eigenvalue weighted by molar-refractivity contribution is -0.152. The van der Waals surface area contributed by atoms with Crippen LogP contribution >= 0.6 is 0 Å². The average Bonchev–Trinajstić information content (AvgIpc) is 2.91. The van der Waals surface area contributed by atoms with Crippen molar-refractivity contribution in [3.05, 3.63) is 24.3 Å². The van der Waals surface area contributed by atoms with E-state index in [1.165, 1.54) is 0 Å². The molecular formula is C14H16N2O4. The predicted molar refractivity (Wildman–Crippen MR) is 69.9 cm³/mol. The Morgan fingerprint density at radius 1 is 0.800 bits per heavy atom. The molecule has 0 aromatic carbocycles. The summed E-state index contributed by atoms with van der Waals surface area (Å²) in [7, 11) is 0. The summed E-state index contributed by atoms with van der Waals surface area (Å²) in [6, 6.07) is 0. The van der Waals surface area contributed by atoms with Crippen molar-refractivity contribution in [2.45, 2.75) is 38.8 Å². The lowest BCUT2D eigenvalue weighted by Crippen LogP contribution is -2.53. The van der Waals surface area contributed by atoms with Gasteiger partial charge in [0.15, 0.2) is 0 Å². The van der Waals surface area contributed by atoms with Crippen molar-refractivity contribution in [1.29, 1.82) is 0 Å². The second-order valence-corrected chi connectivity index (χ2v) is 4.74. The minimum atomic E-state index is -0.827. The van der Waals surface area contributed by atoms with E-state index >= 15 is 0 Å². The number of carbonyl (C=O) groups excluding carboxylic acids is 4. The van der Waals surface area contributed by atoms with E-state index in [-0.39, 0.29) is 0 Å². The smallest absolute Gasteiger partial charge is 0.255 e. The monoisotopic (exact) mass is 276 g/mol. The van der Waals surface area contributed by atoms with Crippen LogP contribution in [0.15, 0.2) is 24.3 Å². The van der Waals surface area contributed by atoms with Gasteiger partial charge in [0.2, 0.25) is 0 Å². The molecule has 2 heterocycles. The van der Waals surface area contributed by atoms with E-state index in [1.54, 1.807) is 0 Å². The number of hydrogen-bond acceptors (Lipinski definition) is 4. The van der Waals surface area contributed by atoms with Crippen molar-refractivity contribution in [2.75, 3.05) is 0 Å². The molecular weight excluding hydrogens is 260 g/mol. The molecule has 106 valence electrons. The molecule has 20 heavy (non-hydrogen) atoms. The van der Waals surface area contributed by atoms with E-state index in [4.69, 9.17) is 0 Å². The van der Waals surface area contributed by atoms with Crippen molar-refractivity contribution in [3.63, 3.8) is 0 Å². The third kappa shape index (κ3) is 2.54. The van der Waals surface area contributed by atoms with Crippen LogP contribution in [0.2, 0.25) is 0 Å². The molecule has 0 radical (unpaired) electrons. The number of amides is 4. The number of hydrogen-bond donors (Lipinski definition) is 0. The van der Waals surface area contributed by atoms with Gasteiger partial charge in [0, 0.05) is 24.3 Å². The summed E-state index contributed by atoms with van der Waals surface area (Å²) in [6.07, 6.45) is 6.83. The third-order valence-electron chi connectivity index (χ3n) is 3.35. The molecule has 6 heteroatoms. The number of unbranched alkanes of at least 4 members (excludes halogenated alkanes) is 2. The molecule has 0 fully saturated rings. The molecule has 2 aliphatic rings. The molecule has 0 saturated carbocycles. The average molecular weight is 276 g/mol. The Morgan fingerprint density at radius 2 is 1.20 bits per heavy atom. The van der Waals surface area contributed by atoms with Crippen molar-refractivity contribution in [1.82, 2.24) is 9.80 Å². The van der Waals surface area contributed by atoms with Gasteiger partial charge < -0.3 is 0 Å². The fourth-order valence-corrected chi connectivity index (χ4v) is 2.36. The zero-order valence-electron chi connectivity index (χ0n) is 11.2. The van der Waals surface area contributed by atoms with Crippen molar-refractivity contribution in [3.8, 4) is 0 Å². The first-order valence-corrected chi connectivity index (χ1v) is 6.66. The first-order chi connectivity index (χ1) is 9.56. The van der Waals surface area contributed by atoms with Crippen LogP contribution < -0.4 is 0 Å². The number of imide groups is 2. The van der Waals surface area contributed by atoms with Gasteiger partial charge in [0.25, 0.3) is 23.6 Å². The number of rotatable bonds is 6. The second kappa shape index (κ2) is 5.81. The van der Waals surface area contributed by atoms with Gasteiger partial charge >= 0.3 is 0 Å². The van der Waals surface area contributed by atoms with Gasteiger partial charge in [-0.3, -0.25) is 29.0 Å². The van der Waals surface area contributed by atoms with Crippen LogP contribution in [0.1, 0.15) is 32.6 Å². The summed E-state index contributed by atoms with van der Waals surface area (Å²) in [6.45, 7) is 2.02. The van der Waals surface area contributed by atoms with Gasteiger partial charge in [-0.25, -0.2) is 0 Å². The van der Waals surface area contributed by atoms with Gasteiger partial charge in [-0.2, -0.15) is 0 Å². The maximum absolute atomic E-state index is 11.8. The molecule has 0 unspecified atom stereocenters. The van der Waals surface area contributed by atoms with E-state index < -0.39 is 29.8 Å². The summed E-state index contributed by atoms with van der Waals surface area (Å²) < 4.78 is 0. The minimum Gasteiger partial charge on any atom is -0.269 e. The zero-order chi connectivity index (χ0) is 14.7. The van der Waals surface area contributed by atoms with Crippen LogP contribution in [0.5, 0.6) is 0 Å². The molecule has 0 aliphatic carbocycles. The molecule has 0 saturated heterocycles. The quantitative estimate of drug-likeness (QED) is 0.530. The van der Waals surface area contributed by atoms with Gasteiger partial charge in [-0.05, 0) is 12.8 Å². The van der Waals surface area contributed by atoms with Gasteiger partial charge in [0.1, 0.15) is 6.17 Å². The molecule has 4 amide bonds. The SMILES string of the molecule is CCCCCC(N1C(=O)C=CC1=O)N1C(=O)C=CC1=O. The molecule has 0 bridgehead atoms. The standard InChI is InChI=1S/C14H16N2O4/c1-2-3-4-5-10(15-11(17)6-7-12(15)18)16-13(19)8-9-14(16)20/h6-10H,2-5H2,1H3. The lowest BCUT2D eigenvalue weighted by atomic mass is 10.1. The van der Waals surface area contributed by atoms with Gasteiger partial charge in [-0.1, -0.05) is 19.8 Å². The Morgan fingerprint density at radius 3 is 1.55 bits per heavy atom. The number of carbonyl (C=O) groups is 4. The highest BCUT2D eigenvalue weighted by Crippen LogP contribution is 2.22. The van der Waals surface area contributed by atoms with E-state index in [1.807, 2.05) is 6.92 Å². The highest BCUT2D eigenvalue weighted by molar-refractivity contribution is 6.16. The molecule has 2 aliphatic heterocycles. The topological polar surface area (TPSA) is 74.8 Å². The first-order valence-electron chi connectivity index (χ1n) is 6.66. The Kier molecular flexibility index (Phi) is 4.12. The zero-order valence-corrected chi connectivity index (χ0v) is 11.2. The lowest BCUT2D eigenvalue weighted by Gasteiger charge is -2.32. The summed E-state index contributed by atoms with van der Waals surface area (Å²) in [5, 5.41) is 0. The first kappa shape index (κ1) is 14.2. The van der Waals surface area contributed by atoms with Crippen molar-refractivity contribution >= 4 is 23.6 Å². The normalized spacial score (nSPS) is 18.3. The highest BCUT2D eigenvalue weighted by Gasteiger charge is 2.40. The Hall–Kier alpha value is -2.24. The van der Waals surface area contributed by atoms with E-state index in [9.17, 15) is 19.2 Å². The predicted octanol–water partition coefficient (Wildman–Crippen LogP) is 0.743.